The molecular weight excluding hydrogens is 270 g/mol. The van der Waals surface area contributed by atoms with Gasteiger partial charge in [0.05, 0.1) is 12.9 Å². The van der Waals surface area contributed by atoms with Gasteiger partial charge < -0.3 is 10.1 Å². The van der Waals surface area contributed by atoms with Crippen LogP contribution in [0.15, 0.2) is 0 Å². The highest BCUT2D eigenvalue weighted by molar-refractivity contribution is 7.85. The van der Waals surface area contributed by atoms with Crippen molar-refractivity contribution >= 4 is 16.1 Å². The van der Waals surface area contributed by atoms with E-state index in [1.54, 1.807) is 0 Å². The Bertz CT molecular complexity index is 412. The molecule has 1 saturated heterocycles. The monoisotopic (exact) mass is 293 g/mol. The molecule has 2 unspecified atom stereocenters. The second kappa shape index (κ2) is 6.19. The van der Waals surface area contributed by atoms with E-state index in [0.717, 1.165) is 12.7 Å². The van der Waals surface area contributed by atoms with Gasteiger partial charge in [-0.15, -0.1) is 0 Å². The van der Waals surface area contributed by atoms with Crippen LogP contribution in [0.4, 0.5) is 0 Å². The van der Waals surface area contributed by atoms with E-state index in [2.05, 4.69) is 5.32 Å². The molecular formula is C12H23NO5S. The Morgan fingerprint density at radius 3 is 2.53 bits per heavy atom. The summed E-state index contributed by atoms with van der Waals surface area (Å²) in [4.78, 5) is 11.9. The lowest BCUT2D eigenvalue weighted by atomic mass is 9.93. The molecule has 112 valence electrons. The van der Waals surface area contributed by atoms with Crippen LogP contribution >= 0.6 is 0 Å². The molecule has 7 heteroatoms. The van der Waals surface area contributed by atoms with E-state index in [4.69, 9.17) is 8.92 Å². The van der Waals surface area contributed by atoms with Gasteiger partial charge in [-0.1, -0.05) is 0 Å². The first-order valence-corrected chi connectivity index (χ1v) is 8.19. The molecule has 0 aromatic rings. The Morgan fingerprint density at radius 2 is 2.00 bits per heavy atom. The molecule has 2 atom stereocenters. The summed E-state index contributed by atoms with van der Waals surface area (Å²) in [5.41, 5.74) is -0.519. The summed E-state index contributed by atoms with van der Waals surface area (Å²) in [7, 11) is -3.43. The van der Waals surface area contributed by atoms with Crippen LogP contribution in [0.3, 0.4) is 0 Å². The van der Waals surface area contributed by atoms with Crippen LogP contribution in [-0.2, 0) is 23.8 Å². The number of esters is 1. The first-order valence-electron chi connectivity index (χ1n) is 6.37. The van der Waals surface area contributed by atoms with Crippen LogP contribution in [0.5, 0.6) is 0 Å². The first kappa shape index (κ1) is 16.4. The van der Waals surface area contributed by atoms with Crippen molar-refractivity contribution in [3.8, 4) is 0 Å². The SMILES string of the molecule is CC(C)(C)OC(=O)C1CC(COS(C)(=O)=O)CCN1. The first-order chi connectivity index (χ1) is 8.57. The van der Waals surface area contributed by atoms with Gasteiger partial charge in [0.25, 0.3) is 10.1 Å². The summed E-state index contributed by atoms with van der Waals surface area (Å²) in [5.74, 6) is -0.245. The maximum Gasteiger partial charge on any atom is 0.323 e. The number of ether oxygens (including phenoxy) is 1. The Hall–Kier alpha value is -0.660. The van der Waals surface area contributed by atoms with Gasteiger partial charge in [-0.3, -0.25) is 8.98 Å². The molecule has 1 rings (SSSR count). The Labute approximate surface area is 115 Å². The second-order valence-electron chi connectivity index (χ2n) is 5.92. The van der Waals surface area contributed by atoms with E-state index in [1.165, 1.54) is 0 Å². The minimum absolute atomic E-state index is 0.0495. The highest BCUT2D eigenvalue weighted by Crippen LogP contribution is 2.20. The zero-order chi connectivity index (χ0) is 14.7. The summed E-state index contributed by atoms with van der Waals surface area (Å²) in [6.45, 7) is 6.23. The molecule has 1 aliphatic rings. The van der Waals surface area contributed by atoms with Crippen LogP contribution in [0.2, 0.25) is 0 Å². The zero-order valence-electron chi connectivity index (χ0n) is 11.9. The maximum absolute atomic E-state index is 11.9. The fourth-order valence-corrected chi connectivity index (χ4v) is 2.36. The van der Waals surface area contributed by atoms with Crippen molar-refractivity contribution < 1.29 is 22.1 Å². The predicted octanol–water partition coefficient (Wildman–Crippen LogP) is 0.673. The molecule has 0 radical (unpaired) electrons. The number of carbonyl (C=O) groups is 1. The Balaban J connectivity index is 2.48. The largest absolute Gasteiger partial charge is 0.459 e. The van der Waals surface area contributed by atoms with E-state index in [0.29, 0.717) is 13.0 Å². The van der Waals surface area contributed by atoms with Crippen LogP contribution in [0.25, 0.3) is 0 Å². The van der Waals surface area contributed by atoms with Crippen LogP contribution in [0, 0.1) is 5.92 Å². The molecule has 0 aliphatic carbocycles. The maximum atomic E-state index is 11.9. The van der Waals surface area contributed by atoms with Crippen LogP contribution < -0.4 is 5.32 Å². The summed E-state index contributed by atoms with van der Waals surface area (Å²) < 4.78 is 32.0. The molecule has 6 nitrogen and oxygen atoms in total. The normalized spacial score (nSPS) is 25.1. The fraction of sp³-hybridized carbons (Fsp3) is 0.917. The van der Waals surface area contributed by atoms with Gasteiger partial charge in [-0.2, -0.15) is 8.42 Å². The number of hydrogen-bond donors (Lipinski definition) is 1. The average Bonchev–Trinajstić information content (AvgIpc) is 2.23. The van der Waals surface area contributed by atoms with Gasteiger partial charge in [-0.25, -0.2) is 0 Å². The minimum atomic E-state index is -3.43. The molecule has 0 aromatic heterocycles. The summed E-state index contributed by atoms with van der Waals surface area (Å²) in [6, 6.07) is -0.388. The second-order valence-corrected chi connectivity index (χ2v) is 7.56. The molecule has 0 spiro atoms. The van der Waals surface area contributed by atoms with Crippen molar-refractivity contribution in [2.24, 2.45) is 5.92 Å². The number of carbonyl (C=O) groups excluding carboxylic acids is 1. The van der Waals surface area contributed by atoms with E-state index in [9.17, 15) is 13.2 Å². The third kappa shape index (κ3) is 6.89. The van der Waals surface area contributed by atoms with Gasteiger partial charge in [0.15, 0.2) is 0 Å². The number of nitrogens with one attached hydrogen (secondary N) is 1. The highest BCUT2D eigenvalue weighted by Gasteiger charge is 2.30. The minimum Gasteiger partial charge on any atom is -0.459 e. The van der Waals surface area contributed by atoms with Crippen LogP contribution in [0.1, 0.15) is 33.6 Å². The zero-order valence-corrected chi connectivity index (χ0v) is 12.7. The summed E-state index contributed by atoms with van der Waals surface area (Å²) in [5, 5.41) is 3.09. The quantitative estimate of drug-likeness (QED) is 0.606. The fourth-order valence-electron chi connectivity index (χ4n) is 1.92. The smallest absolute Gasteiger partial charge is 0.323 e. The van der Waals surface area contributed by atoms with Crippen molar-refractivity contribution in [1.82, 2.24) is 5.32 Å². The Morgan fingerprint density at radius 1 is 1.37 bits per heavy atom. The van der Waals surface area contributed by atoms with Crippen molar-refractivity contribution in [2.75, 3.05) is 19.4 Å². The number of rotatable bonds is 4. The predicted molar refractivity (Wildman–Crippen MR) is 71.2 cm³/mol. The third-order valence-corrected chi connectivity index (χ3v) is 3.29. The van der Waals surface area contributed by atoms with E-state index in [1.807, 2.05) is 20.8 Å². The van der Waals surface area contributed by atoms with E-state index >= 15 is 0 Å². The molecule has 1 N–H and O–H groups in total. The van der Waals surface area contributed by atoms with E-state index < -0.39 is 15.7 Å². The lowest BCUT2D eigenvalue weighted by Gasteiger charge is -2.30. The molecule has 0 aromatic carbocycles. The van der Waals surface area contributed by atoms with Gasteiger partial charge in [-0.05, 0) is 46.1 Å². The highest BCUT2D eigenvalue weighted by atomic mass is 32.2. The topological polar surface area (TPSA) is 81.7 Å². The summed E-state index contributed by atoms with van der Waals surface area (Å²) in [6.07, 6.45) is 2.35. The van der Waals surface area contributed by atoms with Crippen LogP contribution in [-0.4, -0.2) is 45.4 Å². The van der Waals surface area contributed by atoms with Crippen molar-refractivity contribution in [1.29, 1.82) is 0 Å². The van der Waals surface area contributed by atoms with Gasteiger partial charge in [0.1, 0.15) is 11.6 Å². The standard InChI is InChI=1S/C12H23NO5S/c1-12(2,3)18-11(14)10-7-9(5-6-13-10)8-17-19(4,15)16/h9-10,13H,5-8H2,1-4H3. The van der Waals surface area contributed by atoms with Crippen molar-refractivity contribution in [2.45, 2.75) is 45.3 Å². The lowest BCUT2D eigenvalue weighted by Crippen LogP contribution is -2.47. The average molecular weight is 293 g/mol. The molecule has 1 fully saturated rings. The van der Waals surface area contributed by atoms with E-state index in [-0.39, 0.29) is 24.5 Å². The Kier molecular flexibility index (Phi) is 5.34. The molecule has 0 saturated carbocycles. The molecule has 0 amide bonds. The van der Waals surface area contributed by atoms with Crippen molar-refractivity contribution in [3.05, 3.63) is 0 Å². The number of hydrogen-bond acceptors (Lipinski definition) is 6. The van der Waals surface area contributed by atoms with Gasteiger partial charge in [0, 0.05) is 0 Å². The molecule has 19 heavy (non-hydrogen) atoms. The summed E-state index contributed by atoms with van der Waals surface area (Å²) >= 11 is 0. The molecule has 0 bridgehead atoms. The molecule has 1 aliphatic heterocycles. The van der Waals surface area contributed by atoms with Gasteiger partial charge >= 0.3 is 5.97 Å². The van der Waals surface area contributed by atoms with Gasteiger partial charge in [0.2, 0.25) is 0 Å². The van der Waals surface area contributed by atoms with Crippen molar-refractivity contribution in [3.63, 3.8) is 0 Å². The third-order valence-electron chi connectivity index (χ3n) is 2.72. The lowest BCUT2D eigenvalue weighted by molar-refractivity contribution is -0.158. The number of piperidine rings is 1. The molecule has 1 heterocycles.